The van der Waals surface area contributed by atoms with Gasteiger partial charge in [-0.05, 0) is 26.7 Å². The van der Waals surface area contributed by atoms with Crippen molar-refractivity contribution >= 4 is 5.91 Å². The molecule has 6 heteroatoms. The molecule has 0 unspecified atom stereocenters. The van der Waals surface area contributed by atoms with Crippen LogP contribution in [0, 0.1) is 19.3 Å². The number of aryl methyl sites for hydroxylation is 2. The lowest BCUT2D eigenvalue weighted by atomic mass is 9.58. The number of aliphatic hydroxyl groups is 1. The van der Waals surface area contributed by atoms with Gasteiger partial charge in [0.05, 0.1) is 17.9 Å². The molecule has 0 aromatic carbocycles. The van der Waals surface area contributed by atoms with Crippen LogP contribution in [0.15, 0.2) is 4.52 Å². The maximum atomic E-state index is 12.6. The minimum Gasteiger partial charge on any atom is -0.392 e. The Hall–Kier alpha value is -1.40. The van der Waals surface area contributed by atoms with Crippen molar-refractivity contribution < 1.29 is 19.2 Å². The van der Waals surface area contributed by atoms with Gasteiger partial charge in [0.2, 0.25) is 0 Å². The third-order valence-electron chi connectivity index (χ3n) is 5.26. The number of nitrogens with zero attached hydrogens (tertiary/aromatic N) is 2. The first-order valence-electron chi connectivity index (χ1n) is 7.42. The molecule has 6 nitrogen and oxygen atoms in total. The van der Waals surface area contributed by atoms with Crippen LogP contribution < -0.4 is 0 Å². The molecule has 1 N–H and O–H groups in total. The lowest BCUT2D eigenvalue weighted by Crippen LogP contribution is -2.62. The molecule has 1 aliphatic carbocycles. The van der Waals surface area contributed by atoms with Crippen LogP contribution in [-0.2, 0) is 4.74 Å². The van der Waals surface area contributed by atoms with Crippen molar-refractivity contribution in [2.24, 2.45) is 5.41 Å². The number of rotatable bonds is 2. The summed E-state index contributed by atoms with van der Waals surface area (Å²) < 4.78 is 10.5. The molecule has 1 saturated carbocycles. The van der Waals surface area contributed by atoms with E-state index in [1.165, 1.54) is 0 Å². The number of methoxy groups -OCH3 is 1. The highest BCUT2D eigenvalue weighted by atomic mass is 16.5. The average Bonchev–Trinajstić information content (AvgIpc) is 2.83. The van der Waals surface area contributed by atoms with Crippen LogP contribution in [0.1, 0.15) is 41.1 Å². The maximum absolute atomic E-state index is 12.6. The van der Waals surface area contributed by atoms with Crippen LogP contribution in [0.2, 0.25) is 0 Å². The predicted molar refractivity (Wildman–Crippen MR) is 75.0 cm³/mol. The minimum absolute atomic E-state index is 0.0242. The second-order valence-corrected chi connectivity index (χ2v) is 6.20. The predicted octanol–water partition coefficient (Wildman–Crippen LogP) is 1.29. The Morgan fingerprint density at radius 1 is 1.43 bits per heavy atom. The first kappa shape index (κ1) is 14.5. The summed E-state index contributed by atoms with van der Waals surface area (Å²) in [6, 6.07) is 0. The fourth-order valence-electron chi connectivity index (χ4n) is 3.78. The van der Waals surface area contributed by atoms with Crippen LogP contribution in [0.4, 0.5) is 0 Å². The van der Waals surface area contributed by atoms with Gasteiger partial charge in [0.25, 0.3) is 5.91 Å². The molecule has 116 valence electrons. The van der Waals surface area contributed by atoms with Crippen LogP contribution in [-0.4, -0.2) is 53.5 Å². The fraction of sp³-hybridized carbons (Fsp3) is 0.733. The Morgan fingerprint density at radius 2 is 2.10 bits per heavy atom. The van der Waals surface area contributed by atoms with E-state index >= 15 is 0 Å². The molecule has 2 fully saturated rings. The van der Waals surface area contributed by atoms with Gasteiger partial charge in [-0.3, -0.25) is 4.79 Å². The van der Waals surface area contributed by atoms with Crippen molar-refractivity contribution in [2.45, 2.75) is 45.3 Å². The average molecular weight is 294 g/mol. The standard InChI is InChI=1S/C15H22N2O4/c1-9-13(10(2)21-16-9)14(19)17-6-4-15(5-7-17)11(18)8-12(15)20-3/h11-12,18H,4-8H2,1-3H3/t11-,12+/m1/s1. The van der Waals surface area contributed by atoms with Crippen molar-refractivity contribution in [3.63, 3.8) is 0 Å². The van der Waals surface area contributed by atoms with Gasteiger partial charge in [-0.2, -0.15) is 0 Å². The molecule has 0 radical (unpaired) electrons. The van der Waals surface area contributed by atoms with Crippen molar-refractivity contribution in [1.82, 2.24) is 10.1 Å². The van der Waals surface area contributed by atoms with Gasteiger partial charge in [0, 0.05) is 32.0 Å². The van der Waals surface area contributed by atoms with Crippen LogP contribution in [0.5, 0.6) is 0 Å². The number of amides is 1. The summed E-state index contributed by atoms with van der Waals surface area (Å²) in [7, 11) is 1.69. The monoisotopic (exact) mass is 294 g/mol. The van der Waals surface area contributed by atoms with Gasteiger partial charge in [0.15, 0.2) is 0 Å². The number of likely N-dealkylation sites (tertiary alicyclic amines) is 1. The Balaban J connectivity index is 1.70. The molecule has 1 aromatic heterocycles. The van der Waals surface area contributed by atoms with Gasteiger partial charge in [0.1, 0.15) is 11.3 Å². The number of piperidine rings is 1. The molecule has 3 rings (SSSR count). The second-order valence-electron chi connectivity index (χ2n) is 6.20. The summed E-state index contributed by atoms with van der Waals surface area (Å²) in [6.07, 6.45) is 2.07. The Kier molecular flexibility index (Phi) is 3.53. The Morgan fingerprint density at radius 3 is 2.57 bits per heavy atom. The van der Waals surface area contributed by atoms with E-state index in [1.54, 1.807) is 21.0 Å². The largest absolute Gasteiger partial charge is 0.392 e. The van der Waals surface area contributed by atoms with E-state index in [4.69, 9.17) is 9.26 Å². The van der Waals surface area contributed by atoms with Gasteiger partial charge in [-0.25, -0.2) is 0 Å². The third kappa shape index (κ3) is 2.08. The fourth-order valence-corrected chi connectivity index (χ4v) is 3.78. The quantitative estimate of drug-likeness (QED) is 0.889. The Bertz CT molecular complexity index is 526. The number of aromatic nitrogens is 1. The van der Waals surface area contributed by atoms with Gasteiger partial charge in [-0.1, -0.05) is 5.16 Å². The van der Waals surface area contributed by atoms with Gasteiger partial charge >= 0.3 is 0 Å². The molecule has 21 heavy (non-hydrogen) atoms. The van der Waals surface area contributed by atoms with E-state index in [-0.39, 0.29) is 23.5 Å². The molecular formula is C15H22N2O4. The summed E-state index contributed by atoms with van der Waals surface area (Å²) >= 11 is 0. The number of aliphatic hydroxyl groups excluding tert-OH is 1. The molecule has 2 atom stereocenters. The lowest BCUT2D eigenvalue weighted by molar-refractivity contribution is -0.199. The molecule has 1 aromatic rings. The number of hydrogen-bond acceptors (Lipinski definition) is 5. The third-order valence-corrected chi connectivity index (χ3v) is 5.26. The zero-order chi connectivity index (χ0) is 15.2. The Labute approximate surface area is 124 Å². The van der Waals surface area contributed by atoms with Crippen LogP contribution >= 0.6 is 0 Å². The summed E-state index contributed by atoms with van der Waals surface area (Å²) in [5, 5.41) is 14.0. The molecule has 1 spiro atoms. The van der Waals surface area contributed by atoms with Crippen LogP contribution in [0.25, 0.3) is 0 Å². The zero-order valence-electron chi connectivity index (χ0n) is 12.8. The highest BCUT2D eigenvalue weighted by Crippen LogP contribution is 2.50. The molecular weight excluding hydrogens is 272 g/mol. The summed E-state index contributed by atoms with van der Waals surface area (Å²) in [5.41, 5.74) is 1.05. The van der Waals surface area contributed by atoms with Gasteiger partial charge in [-0.15, -0.1) is 0 Å². The molecule has 2 heterocycles. The first-order valence-corrected chi connectivity index (χ1v) is 7.42. The van der Waals surface area contributed by atoms with Crippen LogP contribution in [0.3, 0.4) is 0 Å². The molecule has 1 aliphatic heterocycles. The molecule has 1 saturated heterocycles. The normalized spacial score (nSPS) is 27.7. The zero-order valence-corrected chi connectivity index (χ0v) is 12.8. The SMILES string of the molecule is CO[C@H]1C[C@@H](O)C12CCN(C(=O)c1c(C)noc1C)CC2. The maximum Gasteiger partial charge on any atom is 0.259 e. The smallest absolute Gasteiger partial charge is 0.259 e. The topological polar surface area (TPSA) is 75.8 Å². The van der Waals surface area contributed by atoms with E-state index < -0.39 is 0 Å². The van der Waals surface area contributed by atoms with E-state index in [0.29, 0.717) is 36.5 Å². The lowest BCUT2D eigenvalue weighted by Gasteiger charge is -2.56. The molecule has 0 bridgehead atoms. The second kappa shape index (κ2) is 5.10. The van der Waals surface area contributed by atoms with Crippen molar-refractivity contribution in [3.8, 4) is 0 Å². The number of ether oxygens (including phenoxy) is 1. The minimum atomic E-state index is -0.307. The van der Waals surface area contributed by atoms with Gasteiger partial charge < -0.3 is 19.3 Å². The van der Waals surface area contributed by atoms with E-state index in [0.717, 1.165) is 12.8 Å². The number of carbonyl (C=O) groups is 1. The van der Waals surface area contributed by atoms with Crippen molar-refractivity contribution in [3.05, 3.63) is 17.0 Å². The van der Waals surface area contributed by atoms with E-state index in [9.17, 15) is 9.90 Å². The van der Waals surface area contributed by atoms with Crippen molar-refractivity contribution in [1.29, 1.82) is 0 Å². The highest BCUT2D eigenvalue weighted by Gasteiger charge is 2.56. The summed E-state index contributed by atoms with van der Waals surface area (Å²) in [5.74, 6) is 0.542. The summed E-state index contributed by atoms with van der Waals surface area (Å²) in [4.78, 5) is 14.4. The summed E-state index contributed by atoms with van der Waals surface area (Å²) in [6.45, 7) is 4.82. The number of hydrogen-bond donors (Lipinski definition) is 1. The highest BCUT2D eigenvalue weighted by molar-refractivity contribution is 5.96. The van der Waals surface area contributed by atoms with Crippen molar-refractivity contribution in [2.75, 3.05) is 20.2 Å². The molecule has 1 amide bonds. The van der Waals surface area contributed by atoms with E-state index in [1.807, 2.05) is 4.90 Å². The molecule has 2 aliphatic rings. The number of carbonyl (C=O) groups excluding carboxylic acids is 1. The first-order chi connectivity index (χ1) is 9.99. The van der Waals surface area contributed by atoms with E-state index in [2.05, 4.69) is 5.16 Å².